The fraction of sp³-hybridized carbons (Fsp3) is 0.800. The molecule has 1 rings (SSSR count). The van der Waals surface area contributed by atoms with E-state index >= 15 is 0 Å². The first-order valence-electron chi connectivity index (χ1n) is 5.36. The molecule has 1 atom stereocenters. The number of carbonyl (C=O) groups is 2. The van der Waals surface area contributed by atoms with E-state index in [4.69, 9.17) is 0 Å². The van der Waals surface area contributed by atoms with Gasteiger partial charge in [0.05, 0.1) is 0 Å². The first-order chi connectivity index (χ1) is 7.04. The van der Waals surface area contributed by atoms with Crippen molar-refractivity contribution >= 4 is 11.9 Å². The second-order valence-electron chi connectivity index (χ2n) is 3.97. The Kier molecular flexibility index (Phi) is 3.94. The summed E-state index contributed by atoms with van der Waals surface area (Å²) in [5.74, 6) is -0.0663. The van der Waals surface area contributed by atoms with Crippen LogP contribution in [0.25, 0.3) is 0 Å². The van der Waals surface area contributed by atoms with Crippen LogP contribution in [0, 0.1) is 0 Å². The molecule has 0 aromatic carbocycles. The van der Waals surface area contributed by atoms with Crippen LogP contribution in [0.3, 0.4) is 0 Å². The lowest BCUT2D eigenvalue weighted by molar-refractivity contribution is -0.131. The molecule has 1 aliphatic carbocycles. The monoisotopic (exact) mass is 213 g/mol. The predicted molar refractivity (Wildman–Crippen MR) is 57.5 cm³/mol. The van der Waals surface area contributed by atoms with Crippen LogP contribution in [0.2, 0.25) is 0 Å². The summed E-state index contributed by atoms with van der Waals surface area (Å²) < 4.78 is 0. The lowest BCUT2D eigenvalue weighted by atomic mass is 10.3. The van der Waals surface area contributed by atoms with E-state index in [9.17, 15) is 9.59 Å². The molecule has 0 spiro atoms. The van der Waals surface area contributed by atoms with Crippen molar-refractivity contribution in [3.8, 4) is 0 Å². The molecule has 0 aliphatic heterocycles. The van der Waals surface area contributed by atoms with Crippen LogP contribution in [0.1, 0.15) is 26.7 Å². The van der Waals surface area contributed by atoms with Crippen LogP contribution in [0.5, 0.6) is 0 Å². The number of hydrogen-bond donors (Lipinski definition) is 2. The summed E-state index contributed by atoms with van der Waals surface area (Å²) in [5, 5.41) is 5.40. The van der Waals surface area contributed by atoms with Crippen molar-refractivity contribution in [2.45, 2.75) is 38.8 Å². The summed E-state index contributed by atoms with van der Waals surface area (Å²) in [7, 11) is 1.72. The van der Waals surface area contributed by atoms with Gasteiger partial charge in [-0.15, -0.1) is 0 Å². The zero-order valence-corrected chi connectivity index (χ0v) is 9.54. The fourth-order valence-electron chi connectivity index (χ4n) is 1.20. The van der Waals surface area contributed by atoms with Crippen molar-refractivity contribution < 1.29 is 9.59 Å². The molecule has 86 valence electrons. The highest BCUT2D eigenvalue weighted by Crippen LogP contribution is 2.18. The second-order valence-corrected chi connectivity index (χ2v) is 3.97. The molecule has 1 saturated carbocycles. The van der Waals surface area contributed by atoms with Gasteiger partial charge < -0.3 is 15.5 Å². The van der Waals surface area contributed by atoms with Crippen LogP contribution >= 0.6 is 0 Å². The van der Waals surface area contributed by atoms with E-state index in [0.29, 0.717) is 12.6 Å². The molecule has 0 heterocycles. The van der Waals surface area contributed by atoms with Gasteiger partial charge in [-0.3, -0.25) is 4.79 Å². The molecule has 5 nitrogen and oxygen atoms in total. The van der Waals surface area contributed by atoms with Crippen molar-refractivity contribution in [3.05, 3.63) is 0 Å². The smallest absolute Gasteiger partial charge is 0.315 e. The molecule has 0 aromatic rings. The molecule has 3 amide bonds. The third kappa shape index (κ3) is 3.77. The van der Waals surface area contributed by atoms with Gasteiger partial charge >= 0.3 is 6.03 Å². The lowest BCUT2D eigenvalue weighted by Crippen LogP contribution is -2.49. The molecule has 0 saturated heterocycles. The van der Waals surface area contributed by atoms with E-state index in [1.807, 2.05) is 6.92 Å². The van der Waals surface area contributed by atoms with Gasteiger partial charge in [-0.05, 0) is 26.7 Å². The van der Waals surface area contributed by atoms with E-state index in [0.717, 1.165) is 12.8 Å². The van der Waals surface area contributed by atoms with E-state index in [1.165, 1.54) is 0 Å². The third-order valence-electron chi connectivity index (χ3n) is 2.48. The molecular weight excluding hydrogens is 194 g/mol. The van der Waals surface area contributed by atoms with Crippen LogP contribution in [-0.4, -0.2) is 42.5 Å². The molecule has 0 radical (unpaired) electrons. The van der Waals surface area contributed by atoms with Crippen molar-refractivity contribution in [1.82, 2.24) is 15.5 Å². The number of hydrogen-bond acceptors (Lipinski definition) is 2. The average molecular weight is 213 g/mol. The molecular formula is C10H19N3O2. The maximum atomic E-state index is 11.6. The molecule has 0 bridgehead atoms. The van der Waals surface area contributed by atoms with Gasteiger partial charge in [0.1, 0.15) is 6.04 Å². The highest BCUT2D eigenvalue weighted by Gasteiger charge is 2.25. The summed E-state index contributed by atoms with van der Waals surface area (Å²) in [4.78, 5) is 24.5. The van der Waals surface area contributed by atoms with Gasteiger partial charge in [-0.2, -0.15) is 0 Å². The number of rotatable bonds is 4. The zero-order chi connectivity index (χ0) is 11.4. The summed E-state index contributed by atoms with van der Waals surface area (Å²) in [6.45, 7) is 4.24. The van der Waals surface area contributed by atoms with Crippen LogP contribution in [-0.2, 0) is 4.79 Å². The van der Waals surface area contributed by atoms with Crippen molar-refractivity contribution in [3.63, 3.8) is 0 Å². The van der Waals surface area contributed by atoms with Gasteiger partial charge in [-0.25, -0.2) is 4.79 Å². The minimum Gasteiger partial charge on any atom is -0.344 e. The van der Waals surface area contributed by atoms with Crippen LogP contribution in [0.4, 0.5) is 4.79 Å². The van der Waals surface area contributed by atoms with Gasteiger partial charge in [0.2, 0.25) is 5.91 Å². The molecule has 5 heteroatoms. The highest BCUT2D eigenvalue weighted by molar-refractivity contribution is 5.86. The number of urea groups is 1. The first-order valence-corrected chi connectivity index (χ1v) is 5.36. The summed E-state index contributed by atoms with van der Waals surface area (Å²) >= 11 is 0. The zero-order valence-electron chi connectivity index (χ0n) is 9.54. The molecule has 15 heavy (non-hydrogen) atoms. The minimum absolute atomic E-state index is 0.0663. The van der Waals surface area contributed by atoms with E-state index in [-0.39, 0.29) is 11.9 Å². The normalized spacial score (nSPS) is 16.7. The molecule has 1 unspecified atom stereocenters. The standard InChI is InChI=1S/C10H19N3O2/c1-4-13(3)9(14)7(2)11-10(15)12-8-5-6-8/h7-8H,4-6H2,1-3H3,(H2,11,12,15). The highest BCUT2D eigenvalue weighted by atomic mass is 16.2. The van der Waals surface area contributed by atoms with Gasteiger partial charge in [0, 0.05) is 19.6 Å². The Morgan fingerprint density at radius 3 is 2.53 bits per heavy atom. The Morgan fingerprint density at radius 2 is 2.07 bits per heavy atom. The first kappa shape index (κ1) is 11.8. The third-order valence-corrected chi connectivity index (χ3v) is 2.48. The van der Waals surface area contributed by atoms with Crippen molar-refractivity contribution in [2.24, 2.45) is 0 Å². The number of amides is 3. The Hall–Kier alpha value is -1.26. The quantitative estimate of drug-likeness (QED) is 0.706. The summed E-state index contributed by atoms with van der Waals surface area (Å²) in [5.41, 5.74) is 0. The van der Waals surface area contributed by atoms with E-state index in [1.54, 1.807) is 18.9 Å². The average Bonchev–Trinajstić information content (AvgIpc) is 2.98. The molecule has 0 aromatic heterocycles. The molecule has 1 aliphatic rings. The van der Waals surface area contributed by atoms with E-state index in [2.05, 4.69) is 10.6 Å². The Labute approximate surface area is 90.2 Å². The largest absolute Gasteiger partial charge is 0.344 e. The predicted octanol–water partition coefficient (Wildman–Crippen LogP) is 0.315. The Balaban J connectivity index is 2.29. The lowest BCUT2D eigenvalue weighted by Gasteiger charge is -2.20. The number of likely N-dealkylation sites (N-methyl/N-ethyl adjacent to an activating group) is 1. The van der Waals surface area contributed by atoms with Gasteiger partial charge in [-0.1, -0.05) is 0 Å². The van der Waals surface area contributed by atoms with Crippen molar-refractivity contribution in [1.29, 1.82) is 0 Å². The number of nitrogens with one attached hydrogen (secondary N) is 2. The number of nitrogens with zero attached hydrogens (tertiary/aromatic N) is 1. The SMILES string of the molecule is CCN(C)C(=O)C(C)NC(=O)NC1CC1. The maximum Gasteiger partial charge on any atom is 0.315 e. The van der Waals surface area contributed by atoms with Crippen LogP contribution in [0.15, 0.2) is 0 Å². The topological polar surface area (TPSA) is 61.4 Å². The minimum atomic E-state index is -0.464. The van der Waals surface area contributed by atoms with Crippen LogP contribution < -0.4 is 10.6 Å². The second kappa shape index (κ2) is 5.00. The summed E-state index contributed by atoms with van der Waals surface area (Å²) in [6.07, 6.45) is 2.09. The maximum absolute atomic E-state index is 11.6. The molecule has 1 fully saturated rings. The van der Waals surface area contributed by atoms with Crippen molar-refractivity contribution in [2.75, 3.05) is 13.6 Å². The fourth-order valence-corrected chi connectivity index (χ4v) is 1.20. The van der Waals surface area contributed by atoms with Gasteiger partial charge in [0.25, 0.3) is 0 Å². The summed E-state index contributed by atoms with van der Waals surface area (Å²) in [6, 6.07) is -0.396. The number of carbonyl (C=O) groups excluding carboxylic acids is 2. The Morgan fingerprint density at radius 1 is 1.47 bits per heavy atom. The van der Waals surface area contributed by atoms with E-state index < -0.39 is 6.04 Å². The molecule has 2 N–H and O–H groups in total. The van der Waals surface area contributed by atoms with Gasteiger partial charge in [0.15, 0.2) is 0 Å². The Bertz CT molecular complexity index is 251.